The number of aromatic nitrogens is 2. The van der Waals surface area contributed by atoms with Gasteiger partial charge in [-0.2, -0.15) is 0 Å². The van der Waals surface area contributed by atoms with Crippen LogP contribution in [-0.2, 0) is 0 Å². The van der Waals surface area contributed by atoms with Crippen molar-refractivity contribution in [1.82, 2.24) is 9.97 Å². The zero-order chi connectivity index (χ0) is 13.7. The van der Waals surface area contributed by atoms with E-state index >= 15 is 0 Å². The number of nitrogens with zero attached hydrogens (tertiary/aromatic N) is 3. The topological polar surface area (TPSA) is 61.3 Å². The van der Waals surface area contributed by atoms with Crippen LogP contribution in [0.3, 0.4) is 0 Å². The van der Waals surface area contributed by atoms with Gasteiger partial charge in [0.2, 0.25) is 0 Å². The fraction of sp³-hybridized carbons (Fsp3) is 0.733. The Kier molecular flexibility index (Phi) is 2.84. The number of anilines is 2. The van der Waals surface area contributed by atoms with Crippen molar-refractivity contribution in [2.75, 3.05) is 30.4 Å². The number of aliphatic hydroxyl groups is 1. The van der Waals surface area contributed by atoms with Crippen LogP contribution in [0.1, 0.15) is 37.4 Å². The summed E-state index contributed by atoms with van der Waals surface area (Å²) in [5.74, 6) is 4.58. The first kappa shape index (κ1) is 12.4. The van der Waals surface area contributed by atoms with Crippen LogP contribution in [0.5, 0.6) is 0 Å². The van der Waals surface area contributed by atoms with Crippen LogP contribution >= 0.6 is 0 Å². The van der Waals surface area contributed by atoms with Crippen molar-refractivity contribution in [3.63, 3.8) is 0 Å². The quantitative estimate of drug-likeness (QED) is 0.876. The Morgan fingerprint density at radius 2 is 2.05 bits per heavy atom. The fourth-order valence-corrected chi connectivity index (χ4v) is 3.69. The molecule has 2 saturated carbocycles. The van der Waals surface area contributed by atoms with E-state index in [1.807, 2.05) is 13.1 Å². The summed E-state index contributed by atoms with van der Waals surface area (Å²) in [5.41, 5.74) is 0. The lowest BCUT2D eigenvalue weighted by Gasteiger charge is -2.20. The molecule has 1 aliphatic heterocycles. The molecule has 108 valence electrons. The van der Waals surface area contributed by atoms with Crippen molar-refractivity contribution >= 4 is 11.6 Å². The fourth-order valence-electron chi connectivity index (χ4n) is 3.69. The highest BCUT2D eigenvalue weighted by Crippen LogP contribution is 2.42. The van der Waals surface area contributed by atoms with Crippen molar-refractivity contribution in [3.05, 3.63) is 11.9 Å². The molecule has 4 rings (SSSR count). The molecule has 0 amide bonds. The van der Waals surface area contributed by atoms with Gasteiger partial charge < -0.3 is 15.3 Å². The zero-order valence-corrected chi connectivity index (χ0v) is 11.9. The molecule has 1 aromatic rings. The molecule has 0 bridgehead atoms. The minimum atomic E-state index is -0.112. The molecule has 3 atom stereocenters. The lowest BCUT2D eigenvalue weighted by atomic mass is 10.00. The maximum atomic E-state index is 10.0. The molecule has 1 saturated heterocycles. The van der Waals surface area contributed by atoms with Gasteiger partial charge in [-0.1, -0.05) is 0 Å². The average Bonchev–Trinajstić information content (AvgIpc) is 3.14. The lowest BCUT2D eigenvalue weighted by molar-refractivity contribution is 0.133. The number of hydrogen-bond donors (Lipinski definition) is 2. The van der Waals surface area contributed by atoms with Crippen LogP contribution in [0.25, 0.3) is 0 Å². The van der Waals surface area contributed by atoms with Gasteiger partial charge in [0.05, 0.1) is 6.10 Å². The van der Waals surface area contributed by atoms with Gasteiger partial charge in [0.25, 0.3) is 0 Å². The number of fused-ring (bicyclic) bond motifs is 1. The first-order valence-corrected chi connectivity index (χ1v) is 7.74. The number of aliphatic hydroxyl groups excluding tert-OH is 1. The standard InChI is InChI=1S/C15H22N4O/c1-16-13-6-14(18-15(17-13)9-2-3-9)19-7-10-4-5-12(20)11(10)8-19/h6,9-12,20H,2-5,7-8H2,1H3,(H,16,17,18). The van der Waals surface area contributed by atoms with E-state index in [0.29, 0.717) is 17.8 Å². The van der Waals surface area contributed by atoms with Crippen molar-refractivity contribution in [2.24, 2.45) is 11.8 Å². The van der Waals surface area contributed by atoms with Crippen LogP contribution in [0.15, 0.2) is 6.07 Å². The Morgan fingerprint density at radius 1 is 1.20 bits per heavy atom. The molecule has 1 aromatic heterocycles. The van der Waals surface area contributed by atoms with Gasteiger partial charge in [0.15, 0.2) is 0 Å². The molecule has 0 radical (unpaired) electrons. The summed E-state index contributed by atoms with van der Waals surface area (Å²) >= 11 is 0. The Labute approximate surface area is 119 Å². The van der Waals surface area contributed by atoms with Crippen LogP contribution in [0, 0.1) is 11.8 Å². The Morgan fingerprint density at radius 3 is 2.75 bits per heavy atom. The van der Waals surface area contributed by atoms with Crippen LogP contribution in [0.4, 0.5) is 11.6 Å². The highest BCUT2D eigenvalue weighted by molar-refractivity contribution is 5.50. The van der Waals surface area contributed by atoms with Crippen LogP contribution in [-0.4, -0.2) is 41.3 Å². The normalized spacial score (nSPS) is 32.5. The molecular formula is C15H22N4O. The summed E-state index contributed by atoms with van der Waals surface area (Å²) in [7, 11) is 1.91. The van der Waals surface area contributed by atoms with E-state index in [-0.39, 0.29) is 6.10 Å². The van der Waals surface area contributed by atoms with E-state index < -0.39 is 0 Å². The summed E-state index contributed by atoms with van der Waals surface area (Å²) in [4.78, 5) is 11.7. The third-order valence-corrected chi connectivity index (χ3v) is 5.07. The molecule has 3 unspecified atom stereocenters. The second-order valence-electron chi connectivity index (χ2n) is 6.47. The Hall–Kier alpha value is -1.36. The molecule has 3 fully saturated rings. The summed E-state index contributed by atoms with van der Waals surface area (Å²) in [6, 6.07) is 2.04. The predicted octanol–water partition coefficient (Wildman–Crippen LogP) is 1.60. The third kappa shape index (κ3) is 2.04. The molecule has 20 heavy (non-hydrogen) atoms. The smallest absolute Gasteiger partial charge is 0.136 e. The molecule has 3 aliphatic rings. The van der Waals surface area contributed by atoms with Crippen molar-refractivity contribution < 1.29 is 5.11 Å². The van der Waals surface area contributed by atoms with Gasteiger partial charge in [-0.05, 0) is 31.6 Å². The van der Waals surface area contributed by atoms with E-state index in [1.54, 1.807) is 0 Å². The van der Waals surface area contributed by atoms with Gasteiger partial charge in [0, 0.05) is 38.0 Å². The lowest BCUT2D eigenvalue weighted by Crippen LogP contribution is -2.25. The monoisotopic (exact) mass is 274 g/mol. The second-order valence-corrected chi connectivity index (χ2v) is 6.47. The summed E-state index contributed by atoms with van der Waals surface area (Å²) < 4.78 is 0. The molecule has 2 aliphatic carbocycles. The minimum Gasteiger partial charge on any atom is -0.393 e. The van der Waals surface area contributed by atoms with Gasteiger partial charge in [-0.15, -0.1) is 0 Å². The zero-order valence-electron chi connectivity index (χ0n) is 11.9. The maximum Gasteiger partial charge on any atom is 0.136 e. The first-order chi connectivity index (χ1) is 9.74. The molecule has 0 spiro atoms. The number of rotatable bonds is 3. The van der Waals surface area contributed by atoms with E-state index in [2.05, 4.69) is 15.2 Å². The van der Waals surface area contributed by atoms with Crippen LogP contribution in [0.2, 0.25) is 0 Å². The first-order valence-electron chi connectivity index (χ1n) is 7.74. The molecule has 5 nitrogen and oxygen atoms in total. The summed E-state index contributed by atoms with van der Waals surface area (Å²) in [6.07, 6.45) is 4.45. The summed E-state index contributed by atoms with van der Waals surface area (Å²) in [5, 5.41) is 13.2. The summed E-state index contributed by atoms with van der Waals surface area (Å²) in [6.45, 7) is 1.97. The van der Waals surface area contributed by atoms with E-state index in [9.17, 15) is 5.11 Å². The number of hydrogen-bond acceptors (Lipinski definition) is 5. The molecule has 2 N–H and O–H groups in total. The third-order valence-electron chi connectivity index (χ3n) is 5.07. The second kappa shape index (κ2) is 4.58. The van der Waals surface area contributed by atoms with E-state index in [4.69, 9.17) is 4.98 Å². The van der Waals surface area contributed by atoms with Crippen molar-refractivity contribution in [1.29, 1.82) is 0 Å². The molecule has 0 aromatic carbocycles. The highest BCUT2D eigenvalue weighted by atomic mass is 16.3. The minimum absolute atomic E-state index is 0.112. The van der Waals surface area contributed by atoms with Gasteiger partial charge >= 0.3 is 0 Å². The molecular weight excluding hydrogens is 252 g/mol. The number of nitrogens with one attached hydrogen (secondary N) is 1. The molecule has 2 heterocycles. The van der Waals surface area contributed by atoms with E-state index in [0.717, 1.165) is 43.4 Å². The van der Waals surface area contributed by atoms with Gasteiger partial charge in [0.1, 0.15) is 17.5 Å². The average molecular weight is 274 g/mol. The van der Waals surface area contributed by atoms with Crippen LogP contribution < -0.4 is 10.2 Å². The molecule has 5 heteroatoms. The van der Waals surface area contributed by atoms with Gasteiger partial charge in [-0.25, -0.2) is 9.97 Å². The van der Waals surface area contributed by atoms with Crippen molar-refractivity contribution in [2.45, 2.75) is 37.7 Å². The largest absolute Gasteiger partial charge is 0.393 e. The maximum absolute atomic E-state index is 10.0. The highest BCUT2D eigenvalue weighted by Gasteiger charge is 2.42. The Bertz CT molecular complexity index is 517. The Balaban J connectivity index is 1.60. The van der Waals surface area contributed by atoms with Crippen molar-refractivity contribution in [3.8, 4) is 0 Å². The van der Waals surface area contributed by atoms with Gasteiger partial charge in [-0.3, -0.25) is 0 Å². The predicted molar refractivity (Wildman–Crippen MR) is 78.0 cm³/mol. The van der Waals surface area contributed by atoms with E-state index in [1.165, 1.54) is 12.8 Å². The SMILES string of the molecule is CNc1cc(N2CC3CCC(O)C3C2)nc(C2CC2)n1.